The lowest BCUT2D eigenvalue weighted by Crippen LogP contribution is -2.29. The Morgan fingerprint density at radius 3 is 2.68 bits per heavy atom. The van der Waals surface area contributed by atoms with Crippen molar-refractivity contribution in [3.05, 3.63) is 81.6 Å². The molecule has 34 heavy (non-hydrogen) atoms. The lowest BCUT2D eigenvalue weighted by molar-refractivity contribution is -0.140. The Kier molecular flexibility index (Phi) is 5.75. The van der Waals surface area contributed by atoms with Gasteiger partial charge in [-0.25, -0.2) is 0 Å². The van der Waals surface area contributed by atoms with Crippen LogP contribution in [0.3, 0.4) is 0 Å². The van der Waals surface area contributed by atoms with Crippen molar-refractivity contribution in [3.63, 3.8) is 0 Å². The van der Waals surface area contributed by atoms with E-state index in [0.717, 1.165) is 28.4 Å². The van der Waals surface area contributed by atoms with Gasteiger partial charge in [0.2, 0.25) is 0 Å². The minimum absolute atomic E-state index is 0.0975. The van der Waals surface area contributed by atoms with Gasteiger partial charge in [-0.1, -0.05) is 18.2 Å². The number of fused-ring (bicyclic) bond motifs is 1. The van der Waals surface area contributed by atoms with Gasteiger partial charge >= 0.3 is 0 Å². The number of aliphatic hydroxyl groups is 1. The van der Waals surface area contributed by atoms with Crippen LogP contribution in [-0.4, -0.2) is 49.0 Å². The standard InChI is InChI=1S/C26H24N2O5S/c1-27-11-12-33-20-10-7-17(14-19(20)27)24(29)22-23(21-4-3-13-34-21)28(26(31)25(22)30)15-16-5-8-18(32-2)9-6-16/h3-10,13-14,23,29H,11-12,15H2,1-2H3/b24-22-. The first-order chi connectivity index (χ1) is 16.5. The van der Waals surface area contributed by atoms with Crippen LogP contribution in [0, 0.1) is 0 Å². The van der Waals surface area contributed by atoms with Gasteiger partial charge in [-0.2, -0.15) is 0 Å². The number of carbonyl (C=O) groups excluding carboxylic acids is 2. The number of carbonyl (C=O) groups is 2. The number of rotatable bonds is 5. The molecule has 1 amide bonds. The molecule has 3 heterocycles. The molecule has 8 heteroatoms. The summed E-state index contributed by atoms with van der Waals surface area (Å²) in [5.74, 6) is -0.0706. The number of Topliss-reactive ketones (excluding diaryl/α,β-unsaturated/α-hetero) is 1. The average Bonchev–Trinajstić information content (AvgIpc) is 3.47. The number of benzene rings is 2. The molecule has 7 nitrogen and oxygen atoms in total. The highest BCUT2D eigenvalue weighted by atomic mass is 32.1. The smallest absolute Gasteiger partial charge is 0.295 e. The molecule has 3 aromatic rings. The zero-order chi connectivity index (χ0) is 23.8. The number of thiophene rings is 1. The number of aliphatic hydroxyl groups excluding tert-OH is 1. The second-order valence-corrected chi connectivity index (χ2v) is 9.22. The monoisotopic (exact) mass is 476 g/mol. The third-order valence-corrected chi connectivity index (χ3v) is 7.12. The van der Waals surface area contributed by atoms with Crippen LogP contribution >= 0.6 is 11.3 Å². The van der Waals surface area contributed by atoms with Gasteiger partial charge in [0.25, 0.3) is 11.7 Å². The molecule has 2 aromatic carbocycles. The van der Waals surface area contributed by atoms with Crippen LogP contribution in [0.25, 0.3) is 5.76 Å². The van der Waals surface area contributed by atoms with Crippen molar-refractivity contribution >= 4 is 34.5 Å². The van der Waals surface area contributed by atoms with Gasteiger partial charge in [-0.05, 0) is 47.3 Å². The molecule has 1 fully saturated rings. The average molecular weight is 477 g/mol. The summed E-state index contributed by atoms with van der Waals surface area (Å²) in [5, 5.41) is 13.2. The van der Waals surface area contributed by atoms with Gasteiger partial charge in [0.05, 0.1) is 31.0 Å². The summed E-state index contributed by atoms with van der Waals surface area (Å²) in [6.45, 7) is 1.54. The van der Waals surface area contributed by atoms with Crippen molar-refractivity contribution < 1.29 is 24.2 Å². The van der Waals surface area contributed by atoms with Crippen LogP contribution < -0.4 is 14.4 Å². The van der Waals surface area contributed by atoms with E-state index in [4.69, 9.17) is 9.47 Å². The topological polar surface area (TPSA) is 79.3 Å². The summed E-state index contributed by atoms with van der Waals surface area (Å²) in [6, 6.07) is 15.7. The molecule has 5 rings (SSSR count). The van der Waals surface area contributed by atoms with Crippen LogP contribution in [0.1, 0.15) is 22.0 Å². The Bertz CT molecular complexity index is 1270. The number of anilines is 1. The van der Waals surface area contributed by atoms with Crippen molar-refractivity contribution in [2.75, 3.05) is 32.2 Å². The molecule has 2 aliphatic heterocycles. The molecule has 0 aliphatic carbocycles. The van der Waals surface area contributed by atoms with Crippen molar-refractivity contribution in [2.24, 2.45) is 0 Å². The zero-order valence-electron chi connectivity index (χ0n) is 18.9. The van der Waals surface area contributed by atoms with Gasteiger partial charge in [-0.15, -0.1) is 11.3 Å². The predicted molar refractivity (Wildman–Crippen MR) is 130 cm³/mol. The third kappa shape index (κ3) is 3.80. The van der Waals surface area contributed by atoms with Crippen LogP contribution in [-0.2, 0) is 16.1 Å². The Morgan fingerprint density at radius 1 is 1.18 bits per heavy atom. The summed E-state index contributed by atoms with van der Waals surface area (Å²) in [6.07, 6.45) is 0. The third-order valence-electron chi connectivity index (χ3n) is 6.19. The largest absolute Gasteiger partial charge is 0.507 e. The number of likely N-dealkylation sites (tertiary alicyclic amines) is 1. The van der Waals surface area contributed by atoms with E-state index in [1.165, 1.54) is 16.2 Å². The number of ether oxygens (including phenoxy) is 2. The highest BCUT2D eigenvalue weighted by Crippen LogP contribution is 2.43. The van der Waals surface area contributed by atoms with Crippen LogP contribution in [0.2, 0.25) is 0 Å². The van der Waals surface area contributed by atoms with E-state index in [1.54, 1.807) is 25.3 Å². The molecule has 0 radical (unpaired) electrons. The maximum absolute atomic E-state index is 13.2. The molecular weight excluding hydrogens is 452 g/mol. The summed E-state index contributed by atoms with van der Waals surface area (Å²) in [4.78, 5) is 30.7. The normalized spacial score (nSPS) is 19.2. The van der Waals surface area contributed by atoms with E-state index in [0.29, 0.717) is 17.9 Å². The fourth-order valence-electron chi connectivity index (χ4n) is 4.37. The number of likely N-dealkylation sites (N-methyl/N-ethyl adjacent to an activating group) is 1. The van der Waals surface area contributed by atoms with E-state index in [-0.39, 0.29) is 17.9 Å². The van der Waals surface area contributed by atoms with E-state index < -0.39 is 17.7 Å². The lowest BCUT2D eigenvalue weighted by Gasteiger charge is -2.28. The summed E-state index contributed by atoms with van der Waals surface area (Å²) < 4.78 is 10.9. The van der Waals surface area contributed by atoms with Gasteiger partial charge in [0.1, 0.15) is 23.9 Å². The van der Waals surface area contributed by atoms with Crippen molar-refractivity contribution in [1.29, 1.82) is 0 Å². The molecule has 2 aliphatic rings. The highest BCUT2D eigenvalue weighted by molar-refractivity contribution is 7.10. The first-order valence-electron chi connectivity index (χ1n) is 10.9. The SMILES string of the molecule is COc1ccc(CN2C(=O)C(=O)/C(=C(\O)c3ccc4c(c3)N(C)CCO4)C2c2cccs2)cc1. The Labute approximate surface area is 201 Å². The van der Waals surface area contributed by atoms with Crippen molar-refractivity contribution in [3.8, 4) is 11.5 Å². The molecule has 0 spiro atoms. The summed E-state index contributed by atoms with van der Waals surface area (Å²) >= 11 is 1.44. The predicted octanol–water partition coefficient (Wildman–Crippen LogP) is 4.21. The highest BCUT2D eigenvalue weighted by Gasteiger charge is 2.46. The van der Waals surface area contributed by atoms with Gasteiger partial charge in [0, 0.05) is 24.0 Å². The maximum Gasteiger partial charge on any atom is 0.295 e. The number of amides is 1. The second kappa shape index (κ2) is 8.87. The van der Waals surface area contributed by atoms with Crippen LogP contribution in [0.4, 0.5) is 5.69 Å². The quantitative estimate of drug-likeness (QED) is 0.338. The van der Waals surface area contributed by atoms with E-state index in [9.17, 15) is 14.7 Å². The molecule has 1 saturated heterocycles. The van der Waals surface area contributed by atoms with Crippen molar-refractivity contribution in [2.45, 2.75) is 12.6 Å². The number of hydrogen-bond acceptors (Lipinski definition) is 7. The Morgan fingerprint density at radius 2 is 1.97 bits per heavy atom. The molecule has 0 saturated carbocycles. The minimum Gasteiger partial charge on any atom is -0.507 e. The fraction of sp³-hybridized carbons (Fsp3) is 0.231. The fourth-order valence-corrected chi connectivity index (χ4v) is 5.21. The number of hydrogen-bond donors (Lipinski definition) is 1. The van der Waals surface area contributed by atoms with Crippen molar-refractivity contribution in [1.82, 2.24) is 4.90 Å². The Balaban J connectivity index is 1.58. The van der Waals surface area contributed by atoms with Crippen LogP contribution in [0.15, 0.2) is 65.6 Å². The molecule has 1 unspecified atom stereocenters. The Hall–Kier alpha value is -3.78. The first kappa shape index (κ1) is 22.0. The van der Waals surface area contributed by atoms with E-state index in [1.807, 2.05) is 53.7 Å². The van der Waals surface area contributed by atoms with E-state index in [2.05, 4.69) is 0 Å². The molecule has 174 valence electrons. The first-order valence-corrected chi connectivity index (χ1v) is 11.8. The summed E-state index contributed by atoms with van der Waals surface area (Å²) in [7, 11) is 3.54. The molecule has 1 atom stereocenters. The van der Waals surface area contributed by atoms with Gasteiger partial charge in [-0.3, -0.25) is 9.59 Å². The zero-order valence-corrected chi connectivity index (χ0v) is 19.7. The number of methoxy groups -OCH3 is 1. The molecule has 0 bridgehead atoms. The molecule has 1 N–H and O–H groups in total. The summed E-state index contributed by atoms with van der Waals surface area (Å²) in [5.41, 5.74) is 2.26. The van der Waals surface area contributed by atoms with Gasteiger partial charge in [0.15, 0.2) is 0 Å². The number of nitrogens with zero attached hydrogens (tertiary/aromatic N) is 2. The number of ketones is 1. The molecule has 1 aromatic heterocycles. The maximum atomic E-state index is 13.2. The van der Waals surface area contributed by atoms with Gasteiger partial charge < -0.3 is 24.4 Å². The lowest BCUT2D eigenvalue weighted by atomic mass is 9.99. The minimum atomic E-state index is -0.688. The second-order valence-electron chi connectivity index (χ2n) is 8.24. The van der Waals surface area contributed by atoms with E-state index >= 15 is 0 Å². The van der Waals surface area contributed by atoms with Crippen LogP contribution in [0.5, 0.6) is 11.5 Å². The molecular formula is C26H24N2O5S.